The second-order valence-corrected chi connectivity index (χ2v) is 4.64. The van der Waals surface area contributed by atoms with Crippen LogP contribution in [0.15, 0.2) is 55.0 Å². The van der Waals surface area contributed by atoms with Crippen LogP contribution in [0.4, 0.5) is 5.69 Å². The minimum Gasteiger partial charge on any atom is -0.397 e. The van der Waals surface area contributed by atoms with Crippen LogP contribution < -0.4 is 11.1 Å². The largest absolute Gasteiger partial charge is 0.397 e. The molecular weight excluding hydrogens is 264 g/mol. The standard InChI is InChI=1S/C16H14N4O/c17-14-10-18-8-6-13(14)16(21)20-9-12-4-1-3-11-5-2-7-19-15(11)12/h1-8,10H,9,17H2,(H,20,21). The number of carbonyl (C=O) groups excluding carboxylic acids is 1. The van der Waals surface area contributed by atoms with E-state index in [1.807, 2.05) is 30.3 Å². The second kappa shape index (κ2) is 5.58. The Labute approximate surface area is 121 Å². The monoisotopic (exact) mass is 278 g/mol. The molecule has 2 aromatic heterocycles. The zero-order chi connectivity index (χ0) is 14.7. The highest BCUT2D eigenvalue weighted by Crippen LogP contribution is 2.16. The number of hydrogen-bond acceptors (Lipinski definition) is 4. The van der Waals surface area contributed by atoms with Gasteiger partial charge in [0.15, 0.2) is 0 Å². The molecule has 5 nitrogen and oxygen atoms in total. The van der Waals surface area contributed by atoms with Crippen molar-refractivity contribution in [3.05, 3.63) is 66.1 Å². The van der Waals surface area contributed by atoms with Gasteiger partial charge in [-0.1, -0.05) is 24.3 Å². The first-order valence-corrected chi connectivity index (χ1v) is 6.56. The van der Waals surface area contributed by atoms with E-state index in [0.717, 1.165) is 16.5 Å². The molecule has 21 heavy (non-hydrogen) atoms. The van der Waals surface area contributed by atoms with Gasteiger partial charge in [0.25, 0.3) is 5.91 Å². The van der Waals surface area contributed by atoms with Crippen molar-refractivity contribution in [3.63, 3.8) is 0 Å². The Balaban J connectivity index is 1.81. The lowest BCUT2D eigenvalue weighted by atomic mass is 10.1. The molecule has 0 unspecified atom stereocenters. The highest BCUT2D eigenvalue weighted by molar-refractivity contribution is 5.99. The van der Waals surface area contributed by atoms with E-state index in [1.54, 1.807) is 18.5 Å². The quantitative estimate of drug-likeness (QED) is 0.769. The zero-order valence-corrected chi connectivity index (χ0v) is 11.3. The highest BCUT2D eigenvalue weighted by Gasteiger charge is 2.09. The van der Waals surface area contributed by atoms with Crippen molar-refractivity contribution >= 4 is 22.5 Å². The zero-order valence-electron chi connectivity index (χ0n) is 11.3. The van der Waals surface area contributed by atoms with Crippen LogP contribution in [0.5, 0.6) is 0 Å². The van der Waals surface area contributed by atoms with Crippen LogP contribution >= 0.6 is 0 Å². The summed E-state index contributed by atoms with van der Waals surface area (Å²) in [6.07, 6.45) is 4.76. The summed E-state index contributed by atoms with van der Waals surface area (Å²) in [5.41, 5.74) is 8.40. The van der Waals surface area contributed by atoms with Crippen LogP contribution in [0.2, 0.25) is 0 Å². The number of pyridine rings is 2. The normalized spacial score (nSPS) is 10.5. The number of para-hydroxylation sites is 1. The first-order valence-electron chi connectivity index (χ1n) is 6.56. The van der Waals surface area contributed by atoms with Gasteiger partial charge in [-0.05, 0) is 17.7 Å². The Kier molecular flexibility index (Phi) is 3.47. The van der Waals surface area contributed by atoms with Gasteiger partial charge >= 0.3 is 0 Å². The van der Waals surface area contributed by atoms with E-state index >= 15 is 0 Å². The lowest BCUT2D eigenvalue weighted by Gasteiger charge is -2.09. The third-order valence-electron chi connectivity index (χ3n) is 3.25. The summed E-state index contributed by atoms with van der Waals surface area (Å²) in [6.45, 7) is 0.398. The Hall–Kier alpha value is -2.95. The van der Waals surface area contributed by atoms with Crippen molar-refractivity contribution in [2.45, 2.75) is 6.54 Å². The molecule has 0 fully saturated rings. The molecule has 0 spiro atoms. The summed E-state index contributed by atoms with van der Waals surface area (Å²) in [5, 5.41) is 3.91. The fourth-order valence-electron chi connectivity index (χ4n) is 2.19. The Bertz CT molecular complexity index is 796. The van der Waals surface area contributed by atoms with E-state index in [9.17, 15) is 4.79 Å². The maximum Gasteiger partial charge on any atom is 0.253 e. The molecule has 1 amide bonds. The summed E-state index contributed by atoms with van der Waals surface area (Å²) in [6, 6.07) is 11.4. The van der Waals surface area contributed by atoms with Gasteiger partial charge in [-0.2, -0.15) is 0 Å². The van der Waals surface area contributed by atoms with Gasteiger partial charge in [-0.15, -0.1) is 0 Å². The van der Waals surface area contributed by atoms with Gasteiger partial charge in [0, 0.05) is 24.3 Å². The Morgan fingerprint density at radius 3 is 2.86 bits per heavy atom. The first kappa shape index (κ1) is 13.1. The predicted octanol–water partition coefficient (Wildman–Crippen LogP) is 2.14. The smallest absolute Gasteiger partial charge is 0.253 e. The van der Waals surface area contributed by atoms with Gasteiger partial charge in [-0.3, -0.25) is 14.8 Å². The number of hydrogen-bond donors (Lipinski definition) is 2. The molecule has 0 bridgehead atoms. The van der Waals surface area contributed by atoms with Gasteiger partial charge in [0.2, 0.25) is 0 Å². The number of benzene rings is 1. The van der Waals surface area contributed by atoms with E-state index in [1.165, 1.54) is 6.20 Å². The number of fused-ring (bicyclic) bond motifs is 1. The summed E-state index contributed by atoms with van der Waals surface area (Å²) < 4.78 is 0. The topological polar surface area (TPSA) is 80.9 Å². The number of nitrogens with zero attached hydrogens (tertiary/aromatic N) is 2. The number of carbonyl (C=O) groups is 1. The van der Waals surface area contributed by atoms with Crippen molar-refractivity contribution < 1.29 is 4.79 Å². The minimum atomic E-state index is -0.220. The number of nitrogens with two attached hydrogens (primary N) is 1. The molecule has 5 heteroatoms. The first-order chi connectivity index (χ1) is 10.3. The van der Waals surface area contributed by atoms with Crippen LogP contribution in [-0.2, 0) is 6.54 Å². The molecule has 0 radical (unpaired) electrons. The maximum absolute atomic E-state index is 12.1. The molecule has 0 saturated heterocycles. The molecule has 104 valence electrons. The molecule has 0 saturated carbocycles. The fourth-order valence-corrected chi connectivity index (χ4v) is 2.19. The number of nitrogens with one attached hydrogen (secondary N) is 1. The van der Waals surface area contributed by atoms with Crippen LogP contribution in [0.25, 0.3) is 10.9 Å². The average Bonchev–Trinajstić information content (AvgIpc) is 2.53. The van der Waals surface area contributed by atoms with Crippen molar-refractivity contribution in [1.82, 2.24) is 15.3 Å². The van der Waals surface area contributed by atoms with Gasteiger partial charge in [-0.25, -0.2) is 0 Å². The van der Waals surface area contributed by atoms with Gasteiger partial charge in [0.05, 0.1) is 23.0 Å². The van der Waals surface area contributed by atoms with E-state index in [2.05, 4.69) is 15.3 Å². The number of amides is 1. The summed E-state index contributed by atoms with van der Waals surface area (Å²) in [4.78, 5) is 20.4. The SMILES string of the molecule is Nc1cnccc1C(=O)NCc1cccc2cccnc12. The summed E-state index contributed by atoms with van der Waals surface area (Å²) in [7, 11) is 0. The maximum atomic E-state index is 12.1. The van der Waals surface area contributed by atoms with Crippen molar-refractivity contribution in [2.75, 3.05) is 5.73 Å². The Morgan fingerprint density at radius 2 is 2.00 bits per heavy atom. The van der Waals surface area contributed by atoms with Crippen molar-refractivity contribution in [2.24, 2.45) is 0 Å². The van der Waals surface area contributed by atoms with E-state index < -0.39 is 0 Å². The molecule has 3 rings (SSSR count). The third-order valence-corrected chi connectivity index (χ3v) is 3.25. The molecule has 0 aliphatic heterocycles. The van der Waals surface area contributed by atoms with Crippen molar-refractivity contribution in [1.29, 1.82) is 0 Å². The lowest BCUT2D eigenvalue weighted by Crippen LogP contribution is -2.24. The van der Waals surface area contributed by atoms with Crippen LogP contribution in [0, 0.1) is 0 Å². The number of aromatic nitrogens is 2. The molecule has 3 N–H and O–H groups in total. The molecule has 0 aliphatic rings. The minimum absolute atomic E-state index is 0.220. The van der Waals surface area contributed by atoms with Crippen LogP contribution in [0.3, 0.4) is 0 Å². The van der Waals surface area contributed by atoms with Crippen LogP contribution in [-0.4, -0.2) is 15.9 Å². The molecule has 2 heterocycles. The molecule has 0 atom stereocenters. The van der Waals surface area contributed by atoms with Crippen LogP contribution in [0.1, 0.15) is 15.9 Å². The van der Waals surface area contributed by atoms with Gasteiger partial charge < -0.3 is 11.1 Å². The van der Waals surface area contributed by atoms with E-state index in [-0.39, 0.29) is 5.91 Å². The average molecular weight is 278 g/mol. The lowest BCUT2D eigenvalue weighted by molar-refractivity contribution is 0.0952. The van der Waals surface area contributed by atoms with E-state index in [4.69, 9.17) is 5.73 Å². The number of rotatable bonds is 3. The number of nitrogen functional groups attached to an aromatic ring is 1. The third kappa shape index (κ3) is 2.67. The summed E-state index contributed by atoms with van der Waals surface area (Å²) in [5.74, 6) is -0.220. The van der Waals surface area contributed by atoms with Gasteiger partial charge in [0.1, 0.15) is 0 Å². The van der Waals surface area contributed by atoms with Crippen molar-refractivity contribution in [3.8, 4) is 0 Å². The molecule has 0 aliphatic carbocycles. The summed E-state index contributed by atoms with van der Waals surface area (Å²) >= 11 is 0. The molecule has 1 aromatic carbocycles. The Morgan fingerprint density at radius 1 is 1.14 bits per heavy atom. The highest BCUT2D eigenvalue weighted by atomic mass is 16.1. The number of anilines is 1. The fraction of sp³-hybridized carbons (Fsp3) is 0.0625. The second-order valence-electron chi connectivity index (χ2n) is 4.64. The van der Waals surface area contributed by atoms with E-state index in [0.29, 0.717) is 17.8 Å². The molecular formula is C16H14N4O. The molecule has 3 aromatic rings. The predicted molar refractivity (Wildman–Crippen MR) is 81.6 cm³/mol.